The molecule has 2 heterocycles. The lowest BCUT2D eigenvalue weighted by Gasteiger charge is -2.36. The number of epoxide rings is 1. The van der Waals surface area contributed by atoms with Crippen LogP contribution in [0.3, 0.4) is 0 Å². The molecule has 2 aromatic carbocycles. The van der Waals surface area contributed by atoms with Gasteiger partial charge in [-0.25, -0.2) is 8.70 Å². The van der Waals surface area contributed by atoms with E-state index >= 15 is 0 Å². The second-order valence-corrected chi connectivity index (χ2v) is 6.61. The number of hydrogen-bond donors (Lipinski definition) is 0. The topological polar surface area (TPSA) is 19.0 Å². The number of fused-ring (bicyclic) bond motifs is 1. The van der Waals surface area contributed by atoms with Crippen LogP contribution >= 0.6 is 12.1 Å². The van der Waals surface area contributed by atoms with Gasteiger partial charge in [0.2, 0.25) is 0 Å². The zero-order chi connectivity index (χ0) is 14.9. The molecule has 1 atom stereocenters. The average Bonchev–Trinajstić information content (AvgIpc) is 3.37. The van der Waals surface area contributed by atoms with Crippen molar-refractivity contribution in [3.8, 4) is 0 Å². The van der Waals surface area contributed by atoms with Crippen LogP contribution in [0.2, 0.25) is 0 Å². The molecular weight excluding hydrogens is 299 g/mol. The van der Waals surface area contributed by atoms with Gasteiger partial charge in [0.15, 0.2) is 0 Å². The van der Waals surface area contributed by atoms with Crippen molar-refractivity contribution < 1.29 is 9.13 Å². The number of benzene rings is 2. The Morgan fingerprint density at radius 1 is 1.09 bits per heavy atom. The van der Waals surface area contributed by atoms with Crippen molar-refractivity contribution in [3.05, 3.63) is 59.9 Å². The summed E-state index contributed by atoms with van der Waals surface area (Å²) in [5.74, 6) is -0.197. The Balaban J connectivity index is 1.64. The third-order valence-corrected chi connectivity index (χ3v) is 5.03. The lowest BCUT2D eigenvalue weighted by Crippen LogP contribution is -2.29. The Bertz CT molecular complexity index is 677. The first-order valence-electron chi connectivity index (χ1n) is 7.48. The molecule has 0 amide bonds. The summed E-state index contributed by atoms with van der Waals surface area (Å²) >= 11 is 1.58. The molecule has 2 aromatic rings. The Morgan fingerprint density at radius 3 is 2.59 bits per heavy atom. The molecule has 0 radical (unpaired) electrons. The summed E-state index contributed by atoms with van der Waals surface area (Å²) in [4.78, 5) is 0. The highest BCUT2D eigenvalue weighted by atomic mass is 32.2. The van der Waals surface area contributed by atoms with E-state index < -0.39 is 0 Å². The van der Waals surface area contributed by atoms with E-state index in [0.717, 1.165) is 31.8 Å². The zero-order valence-electron chi connectivity index (χ0n) is 12.1. The molecule has 0 N–H and O–H groups in total. The van der Waals surface area contributed by atoms with Crippen molar-refractivity contribution in [1.82, 2.24) is 4.31 Å². The number of nitrogens with zero attached hydrogens (tertiary/aromatic N) is 2. The van der Waals surface area contributed by atoms with Gasteiger partial charge >= 0.3 is 0 Å². The first kappa shape index (κ1) is 14.1. The van der Waals surface area contributed by atoms with Crippen molar-refractivity contribution in [3.63, 3.8) is 0 Å². The van der Waals surface area contributed by atoms with E-state index in [2.05, 4.69) is 16.4 Å². The molecule has 0 bridgehead atoms. The molecule has 1 saturated heterocycles. The summed E-state index contributed by atoms with van der Waals surface area (Å²) in [6.45, 7) is 2.69. The van der Waals surface area contributed by atoms with Crippen LogP contribution in [0.5, 0.6) is 0 Å². The monoisotopic (exact) mass is 316 g/mol. The largest absolute Gasteiger partial charge is 0.373 e. The van der Waals surface area contributed by atoms with Crippen LogP contribution in [0, 0.1) is 5.82 Å². The predicted octanol–water partition coefficient (Wildman–Crippen LogP) is 4.13. The normalized spacial score (nSPS) is 20.8. The molecule has 1 fully saturated rings. The highest BCUT2D eigenvalue weighted by molar-refractivity contribution is 7.98. The van der Waals surface area contributed by atoms with Crippen LogP contribution in [0.25, 0.3) is 0 Å². The van der Waals surface area contributed by atoms with Crippen LogP contribution in [0.4, 0.5) is 15.8 Å². The Labute approximate surface area is 133 Å². The van der Waals surface area contributed by atoms with E-state index in [1.807, 2.05) is 28.6 Å². The second kappa shape index (κ2) is 5.91. The van der Waals surface area contributed by atoms with E-state index in [4.69, 9.17) is 4.74 Å². The highest BCUT2D eigenvalue weighted by Gasteiger charge is 2.29. The van der Waals surface area contributed by atoms with E-state index in [1.54, 1.807) is 18.2 Å². The highest BCUT2D eigenvalue weighted by Crippen LogP contribution is 2.42. The smallest absolute Gasteiger partial charge is 0.147 e. The SMILES string of the molecule is Fc1ccccc1N1SN(CC[C@H]2CO2)Cc2ccccc21. The van der Waals surface area contributed by atoms with Gasteiger partial charge in [-0.3, -0.25) is 4.31 Å². The minimum atomic E-state index is -0.197. The van der Waals surface area contributed by atoms with Gasteiger partial charge in [0.05, 0.1) is 24.1 Å². The third kappa shape index (κ3) is 2.84. The number of hydrogen-bond acceptors (Lipinski definition) is 4. The maximum absolute atomic E-state index is 14.2. The molecule has 2 aliphatic heterocycles. The van der Waals surface area contributed by atoms with Crippen molar-refractivity contribution in [2.75, 3.05) is 17.5 Å². The van der Waals surface area contributed by atoms with Gasteiger partial charge in [-0.05, 0) is 30.2 Å². The minimum absolute atomic E-state index is 0.197. The molecular formula is C17H17FN2OS. The van der Waals surface area contributed by atoms with E-state index in [0.29, 0.717) is 11.8 Å². The Kier molecular flexibility index (Phi) is 3.78. The average molecular weight is 316 g/mol. The molecule has 5 heteroatoms. The number of rotatable bonds is 4. The van der Waals surface area contributed by atoms with Gasteiger partial charge in [0, 0.05) is 25.2 Å². The fourth-order valence-electron chi connectivity index (χ4n) is 2.65. The van der Waals surface area contributed by atoms with Crippen molar-refractivity contribution in [2.24, 2.45) is 0 Å². The van der Waals surface area contributed by atoms with Crippen LogP contribution in [-0.2, 0) is 11.3 Å². The molecule has 0 aliphatic carbocycles. The lowest BCUT2D eigenvalue weighted by molar-refractivity contribution is 0.363. The fraction of sp³-hybridized carbons (Fsp3) is 0.294. The second-order valence-electron chi connectivity index (χ2n) is 5.56. The number of halogens is 1. The van der Waals surface area contributed by atoms with Gasteiger partial charge < -0.3 is 4.74 Å². The van der Waals surface area contributed by atoms with Crippen molar-refractivity contribution >= 4 is 23.5 Å². The molecule has 0 unspecified atom stereocenters. The molecule has 4 rings (SSSR count). The molecule has 3 nitrogen and oxygen atoms in total. The summed E-state index contributed by atoms with van der Waals surface area (Å²) in [6, 6.07) is 15.1. The van der Waals surface area contributed by atoms with Gasteiger partial charge in [-0.15, -0.1) is 0 Å². The molecule has 22 heavy (non-hydrogen) atoms. The predicted molar refractivity (Wildman–Crippen MR) is 87.3 cm³/mol. The van der Waals surface area contributed by atoms with Crippen LogP contribution in [0.1, 0.15) is 12.0 Å². The summed E-state index contributed by atoms with van der Waals surface area (Å²) in [7, 11) is 0. The van der Waals surface area contributed by atoms with Crippen molar-refractivity contribution in [2.45, 2.75) is 19.1 Å². The standard InChI is InChI=1S/C17H17FN2OS/c18-15-6-2-4-8-17(15)20-16-7-3-1-5-13(16)11-19(22-20)10-9-14-12-21-14/h1-8,14H,9-12H2/t14-/m0/s1. The first-order chi connectivity index (χ1) is 10.8. The summed E-state index contributed by atoms with van der Waals surface area (Å²) < 4.78 is 23.8. The molecule has 0 saturated carbocycles. The maximum Gasteiger partial charge on any atom is 0.147 e. The van der Waals surface area contributed by atoms with E-state index in [9.17, 15) is 4.39 Å². The Hall–Kier alpha value is -1.56. The Morgan fingerprint density at radius 2 is 1.82 bits per heavy atom. The third-order valence-electron chi connectivity index (χ3n) is 3.93. The number of para-hydroxylation sites is 2. The van der Waals surface area contributed by atoms with E-state index in [-0.39, 0.29) is 5.82 Å². The maximum atomic E-state index is 14.2. The van der Waals surface area contributed by atoms with E-state index in [1.165, 1.54) is 11.6 Å². The summed E-state index contributed by atoms with van der Waals surface area (Å²) in [5.41, 5.74) is 2.89. The molecule has 114 valence electrons. The molecule has 0 aromatic heterocycles. The number of ether oxygens (including phenoxy) is 1. The van der Waals surface area contributed by atoms with Crippen molar-refractivity contribution in [1.29, 1.82) is 0 Å². The summed E-state index contributed by atoms with van der Waals surface area (Å²) in [6.07, 6.45) is 1.44. The lowest BCUT2D eigenvalue weighted by atomic mass is 10.1. The molecule has 2 aliphatic rings. The quantitative estimate of drug-likeness (QED) is 0.623. The first-order valence-corrected chi connectivity index (χ1v) is 8.21. The summed E-state index contributed by atoms with van der Waals surface area (Å²) in [5, 5.41) is 0. The van der Waals surface area contributed by atoms with Crippen LogP contribution in [-0.4, -0.2) is 23.6 Å². The number of anilines is 2. The van der Waals surface area contributed by atoms with Gasteiger partial charge in [0.25, 0.3) is 0 Å². The minimum Gasteiger partial charge on any atom is -0.373 e. The van der Waals surface area contributed by atoms with Gasteiger partial charge in [0.1, 0.15) is 5.82 Å². The van der Waals surface area contributed by atoms with Gasteiger partial charge in [-0.1, -0.05) is 30.3 Å². The molecule has 0 spiro atoms. The van der Waals surface area contributed by atoms with Crippen LogP contribution in [0.15, 0.2) is 48.5 Å². The van der Waals surface area contributed by atoms with Crippen LogP contribution < -0.4 is 4.31 Å². The van der Waals surface area contributed by atoms with Gasteiger partial charge in [-0.2, -0.15) is 0 Å². The fourth-order valence-corrected chi connectivity index (χ4v) is 3.77. The zero-order valence-corrected chi connectivity index (χ0v) is 12.9.